The highest BCUT2D eigenvalue weighted by Crippen LogP contribution is 2.33. The van der Waals surface area contributed by atoms with Gasteiger partial charge in [0.15, 0.2) is 0 Å². The van der Waals surface area contributed by atoms with E-state index in [4.69, 9.17) is 0 Å². The summed E-state index contributed by atoms with van der Waals surface area (Å²) in [6.45, 7) is 12.6. The Morgan fingerprint density at radius 2 is 1.80 bits per heavy atom. The Labute approximate surface area is 125 Å². The third-order valence-electron chi connectivity index (χ3n) is 4.72. The van der Waals surface area contributed by atoms with Gasteiger partial charge in [-0.05, 0) is 44.7 Å². The highest BCUT2D eigenvalue weighted by atomic mass is 16.2. The minimum atomic E-state index is -0.227. The summed E-state index contributed by atoms with van der Waals surface area (Å²) < 4.78 is 0. The van der Waals surface area contributed by atoms with E-state index in [-0.39, 0.29) is 5.41 Å². The van der Waals surface area contributed by atoms with Gasteiger partial charge in [-0.15, -0.1) is 0 Å². The quantitative estimate of drug-likeness (QED) is 0.739. The van der Waals surface area contributed by atoms with E-state index >= 15 is 0 Å². The van der Waals surface area contributed by atoms with Crippen molar-refractivity contribution in [2.45, 2.75) is 66.2 Å². The van der Waals surface area contributed by atoms with Crippen molar-refractivity contribution in [2.24, 2.45) is 11.3 Å². The molecule has 1 atom stereocenters. The molecule has 3 heteroatoms. The van der Waals surface area contributed by atoms with Gasteiger partial charge < -0.3 is 10.2 Å². The van der Waals surface area contributed by atoms with Crippen molar-refractivity contribution in [2.75, 3.05) is 26.2 Å². The average molecular weight is 282 g/mol. The molecular formula is C17H34N2O. The van der Waals surface area contributed by atoms with Crippen molar-refractivity contribution in [1.82, 2.24) is 10.2 Å². The maximum absolute atomic E-state index is 13.0. The zero-order valence-electron chi connectivity index (χ0n) is 14.0. The van der Waals surface area contributed by atoms with Crippen LogP contribution in [-0.4, -0.2) is 37.0 Å². The van der Waals surface area contributed by atoms with Gasteiger partial charge in [-0.2, -0.15) is 0 Å². The highest BCUT2D eigenvalue weighted by molar-refractivity contribution is 5.82. The normalized spacial score (nSPS) is 19.9. The minimum Gasteiger partial charge on any atom is -0.342 e. The zero-order chi connectivity index (χ0) is 15.0. The highest BCUT2D eigenvalue weighted by Gasteiger charge is 2.39. The van der Waals surface area contributed by atoms with Gasteiger partial charge in [-0.25, -0.2) is 0 Å². The molecule has 1 heterocycles. The van der Waals surface area contributed by atoms with Crippen LogP contribution < -0.4 is 5.32 Å². The summed E-state index contributed by atoms with van der Waals surface area (Å²) in [5.74, 6) is 0.850. The Hall–Kier alpha value is -0.570. The van der Waals surface area contributed by atoms with Crippen molar-refractivity contribution in [1.29, 1.82) is 0 Å². The van der Waals surface area contributed by atoms with Gasteiger partial charge in [0.25, 0.3) is 0 Å². The number of amides is 1. The minimum absolute atomic E-state index is 0.227. The lowest BCUT2D eigenvalue weighted by Crippen LogP contribution is -2.49. The maximum Gasteiger partial charge on any atom is 0.228 e. The second-order valence-electron chi connectivity index (χ2n) is 6.76. The molecule has 0 aliphatic carbocycles. The van der Waals surface area contributed by atoms with Gasteiger partial charge in [-0.1, -0.05) is 40.5 Å². The molecule has 0 aromatic heterocycles. The van der Waals surface area contributed by atoms with Crippen molar-refractivity contribution in [3.8, 4) is 0 Å². The first-order valence-electron chi connectivity index (χ1n) is 8.54. The van der Waals surface area contributed by atoms with E-state index in [2.05, 4.69) is 37.9 Å². The Morgan fingerprint density at radius 3 is 2.25 bits per heavy atom. The largest absolute Gasteiger partial charge is 0.342 e. The molecule has 1 N–H and O–H groups in total. The van der Waals surface area contributed by atoms with Crippen LogP contribution in [-0.2, 0) is 4.79 Å². The molecule has 3 nitrogen and oxygen atoms in total. The molecule has 0 spiro atoms. The van der Waals surface area contributed by atoms with E-state index in [0.29, 0.717) is 11.8 Å². The molecule has 1 fully saturated rings. The van der Waals surface area contributed by atoms with Crippen LogP contribution in [0, 0.1) is 11.3 Å². The second-order valence-corrected chi connectivity index (χ2v) is 6.76. The standard InChI is InChI=1S/C17H34N2O/c1-5-7-12-19(13-8-6-2)16(20)17(3,4)15-10-9-11-18-14-15/h15,18H,5-14H2,1-4H3. The number of carbonyl (C=O) groups excluding carboxylic acids is 1. The van der Waals surface area contributed by atoms with Crippen LogP contribution in [0.5, 0.6) is 0 Å². The van der Waals surface area contributed by atoms with E-state index in [1.54, 1.807) is 0 Å². The SMILES string of the molecule is CCCCN(CCCC)C(=O)C(C)(C)C1CCCNC1. The molecule has 20 heavy (non-hydrogen) atoms. The number of carbonyl (C=O) groups is 1. The van der Waals surface area contributed by atoms with E-state index in [1.165, 1.54) is 12.8 Å². The van der Waals surface area contributed by atoms with E-state index < -0.39 is 0 Å². The summed E-state index contributed by atoms with van der Waals surface area (Å²) in [5, 5.41) is 3.45. The molecular weight excluding hydrogens is 248 g/mol. The predicted molar refractivity (Wildman–Crippen MR) is 85.8 cm³/mol. The molecule has 0 radical (unpaired) electrons. The van der Waals surface area contributed by atoms with Crippen molar-refractivity contribution >= 4 is 5.91 Å². The topological polar surface area (TPSA) is 32.3 Å². The van der Waals surface area contributed by atoms with Crippen LogP contribution in [0.15, 0.2) is 0 Å². The third-order valence-corrected chi connectivity index (χ3v) is 4.72. The number of rotatable bonds is 8. The maximum atomic E-state index is 13.0. The average Bonchev–Trinajstić information content (AvgIpc) is 2.47. The smallest absolute Gasteiger partial charge is 0.228 e. The first kappa shape index (κ1) is 17.5. The summed E-state index contributed by atoms with van der Waals surface area (Å²) >= 11 is 0. The fraction of sp³-hybridized carbons (Fsp3) is 0.941. The molecule has 0 saturated carbocycles. The first-order valence-corrected chi connectivity index (χ1v) is 8.54. The van der Waals surface area contributed by atoms with Crippen molar-refractivity contribution in [3.05, 3.63) is 0 Å². The number of unbranched alkanes of at least 4 members (excludes halogenated alkanes) is 2. The number of hydrogen-bond acceptors (Lipinski definition) is 2. The summed E-state index contributed by atoms with van der Waals surface area (Å²) in [6.07, 6.45) is 6.93. The molecule has 1 saturated heterocycles. The fourth-order valence-corrected chi connectivity index (χ4v) is 3.06. The molecule has 118 valence electrons. The molecule has 1 aliphatic heterocycles. The number of nitrogens with one attached hydrogen (secondary N) is 1. The number of hydrogen-bond donors (Lipinski definition) is 1. The van der Waals surface area contributed by atoms with Gasteiger partial charge >= 0.3 is 0 Å². The van der Waals surface area contributed by atoms with Gasteiger partial charge in [-0.3, -0.25) is 4.79 Å². The van der Waals surface area contributed by atoms with Crippen LogP contribution in [0.1, 0.15) is 66.2 Å². The Kier molecular flexibility index (Phi) is 7.57. The van der Waals surface area contributed by atoms with Gasteiger partial charge in [0.05, 0.1) is 0 Å². The molecule has 0 aromatic carbocycles. The second kappa shape index (κ2) is 8.66. The molecule has 1 amide bonds. The summed E-state index contributed by atoms with van der Waals surface area (Å²) in [6, 6.07) is 0. The molecule has 0 bridgehead atoms. The fourth-order valence-electron chi connectivity index (χ4n) is 3.06. The Balaban J connectivity index is 2.68. The summed E-state index contributed by atoms with van der Waals surface area (Å²) in [4.78, 5) is 15.1. The molecule has 1 rings (SSSR count). The Morgan fingerprint density at radius 1 is 1.20 bits per heavy atom. The van der Waals surface area contributed by atoms with Crippen LogP contribution in [0.25, 0.3) is 0 Å². The van der Waals surface area contributed by atoms with Gasteiger partial charge in [0.1, 0.15) is 0 Å². The number of nitrogens with zero attached hydrogens (tertiary/aromatic N) is 1. The van der Waals surface area contributed by atoms with E-state index in [0.717, 1.165) is 51.9 Å². The van der Waals surface area contributed by atoms with Crippen LogP contribution >= 0.6 is 0 Å². The van der Waals surface area contributed by atoms with E-state index in [9.17, 15) is 4.79 Å². The van der Waals surface area contributed by atoms with Crippen LogP contribution in [0.3, 0.4) is 0 Å². The molecule has 0 aromatic rings. The summed E-state index contributed by atoms with van der Waals surface area (Å²) in [7, 11) is 0. The van der Waals surface area contributed by atoms with Gasteiger partial charge in [0.2, 0.25) is 5.91 Å². The lowest BCUT2D eigenvalue weighted by Gasteiger charge is -2.39. The Bertz CT molecular complexity index is 275. The van der Waals surface area contributed by atoms with Crippen LogP contribution in [0.2, 0.25) is 0 Å². The third kappa shape index (κ3) is 4.76. The molecule has 1 aliphatic rings. The summed E-state index contributed by atoms with van der Waals surface area (Å²) in [5.41, 5.74) is -0.227. The zero-order valence-corrected chi connectivity index (χ0v) is 14.0. The van der Waals surface area contributed by atoms with E-state index in [1.807, 2.05) is 0 Å². The van der Waals surface area contributed by atoms with Crippen molar-refractivity contribution < 1.29 is 4.79 Å². The monoisotopic (exact) mass is 282 g/mol. The lowest BCUT2D eigenvalue weighted by molar-refractivity contribution is -0.144. The molecule has 1 unspecified atom stereocenters. The van der Waals surface area contributed by atoms with Crippen LogP contribution in [0.4, 0.5) is 0 Å². The van der Waals surface area contributed by atoms with Crippen molar-refractivity contribution in [3.63, 3.8) is 0 Å². The first-order chi connectivity index (χ1) is 9.54. The predicted octanol–water partition coefficient (Wildman–Crippen LogP) is 3.44. The van der Waals surface area contributed by atoms with Gasteiger partial charge in [0, 0.05) is 18.5 Å². The lowest BCUT2D eigenvalue weighted by atomic mass is 9.74. The number of piperidine rings is 1.